The second kappa shape index (κ2) is 62.2. The maximum atomic E-state index is 12.8. The van der Waals surface area contributed by atoms with Gasteiger partial charge >= 0.3 is 17.9 Å². The molecule has 0 heterocycles. The molecule has 0 saturated heterocycles. The van der Waals surface area contributed by atoms with Crippen LogP contribution >= 0.6 is 0 Å². The van der Waals surface area contributed by atoms with E-state index in [4.69, 9.17) is 14.2 Å². The summed E-state index contributed by atoms with van der Waals surface area (Å²) in [4.78, 5) is 37.9. The lowest BCUT2D eigenvalue weighted by Crippen LogP contribution is -2.30. The average Bonchev–Trinajstić information content (AvgIpc) is 3.39. The highest BCUT2D eigenvalue weighted by Crippen LogP contribution is 2.18. The summed E-state index contributed by atoms with van der Waals surface area (Å²) >= 11 is 0. The number of carbonyl (C=O) groups is 3. The highest BCUT2D eigenvalue weighted by atomic mass is 16.6. The lowest BCUT2D eigenvalue weighted by Gasteiger charge is -2.18. The Morgan fingerprint density at radius 2 is 0.493 bits per heavy atom. The average molecular weight is 1030 g/mol. The topological polar surface area (TPSA) is 78.9 Å². The smallest absolute Gasteiger partial charge is 0.306 e. The van der Waals surface area contributed by atoms with Gasteiger partial charge in [0.1, 0.15) is 13.2 Å². The van der Waals surface area contributed by atoms with Crippen molar-refractivity contribution in [3.8, 4) is 0 Å². The van der Waals surface area contributed by atoms with Crippen molar-refractivity contribution in [2.45, 2.75) is 361 Å². The molecule has 0 bridgehead atoms. The molecule has 0 saturated carbocycles. The lowest BCUT2D eigenvalue weighted by atomic mass is 10.0. The molecular weight excluding hydrogens is 901 g/mol. The van der Waals surface area contributed by atoms with Crippen molar-refractivity contribution < 1.29 is 28.6 Å². The maximum Gasteiger partial charge on any atom is 0.306 e. The van der Waals surface area contributed by atoms with Gasteiger partial charge in [0.15, 0.2) is 6.10 Å². The predicted molar refractivity (Wildman–Crippen MR) is 316 cm³/mol. The molecule has 1 unspecified atom stereocenters. The van der Waals surface area contributed by atoms with Crippen LogP contribution in [0.4, 0.5) is 0 Å². The molecule has 0 aliphatic heterocycles. The molecule has 1 atom stereocenters. The van der Waals surface area contributed by atoms with E-state index in [1.165, 1.54) is 231 Å². The molecule has 0 aliphatic carbocycles. The first-order valence-electron chi connectivity index (χ1n) is 32.5. The third-order valence-corrected chi connectivity index (χ3v) is 14.6. The largest absolute Gasteiger partial charge is 0.462 e. The zero-order valence-electron chi connectivity index (χ0n) is 49.2. The van der Waals surface area contributed by atoms with Crippen molar-refractivity contribution in [3.63, 3.8) is 0 Å². The summed E-state index contributed by atoms with van der Waals surface area (Å²) in [7, 11) is 0. The molecule has 0 amide bonds. The van der Waals surface area contributed by atoms with Gasteiger partial charge < -0.3 is 14.2 Å². The fourth-order valence-electron chi connectivity index (χ4n) is 9.75. The van der Waals surface area contributed by atoms with Gasteiger partial charge in [0.05, 0.1) is 0 Å². The maximum absolute atomic E-state index is 12.8. The molecule has 0 aromatic carbocycles. The molecule has 0 rings (SSSR count). The standard InChI is InChI=1S/C67H124O6/c1-4-7-10-13-15-17-19-21-23-25-27-29-31-32-33-34-36-37-39-41-43-45-47-49-51-54-57-60-66(69)72-63-64(62-71-65(68)59-56-53-12-9-6-3)73-67(70)61-58-55-52-50-48-46-44-42-40-38-35-30-28-26-24-22-20-18-16-14-11-8-5-2/h20,22,26,28,35,38,64H,4-19,21,23-25,27,29-34,36-37,39-63H2,1-3H3/b22-20-,28-26-,38-35-. The molecule has 0 spiro atoms. The quantitative estimate of drug-likeness (QED) is 0.0261. The van der Waals surface area contributed by atoms with E-state index >= 15 is 0 Å². The van der Waals surface area contributed by atoms with E-state index in [0.29, 0.717) is 19.3 Å². The highest BCUT2D eigenvalue weighted by Gasteiger charge is 2.19. The molecule has 0 aromatic rings. The molecule has 73 heavy (non-hydrogen) atoms. The normalized spacial score (nSPS) is 12.2. The first kappa shape index (κ1) is 70.6. The fraction of sp³-hybridized carbons (Fsp3) is 0.866. The Hall–Kier alpha value is -2.37. The summed E-state index contributed by atoms with van der Waals surface area (Å²) < 4.78 is 16.8. The first-order chi connectivity index (χ1) is 36.0. The summed E-state index contributed by atoms with van der Waals surface area (Å²) in [6.07, 6.45) is 76.4. The van der Waals surface area contributed by atoms with Crippen LogP contribution in [0.25, 0.3) is 0 Å². The van der Waals surface area contributed by atoms with E-state index in [2.05, 4.69) is 57.2 Å². The number of rotatable bonds is 60. The van der Waals surface area contributed by atoms with E-state index in [1.807, 2.05) is 0 Å². The van der Waals surface area contributed by atoms with E-state index in [0.717, 1.165) is 83.5 Å². The second-order valence-electron chi connectivity index (χ2n) is 22.0. The van der Waals surface area contributed by atoms with Gasteiger partial charge in [-0.2, -0.15) is 0 Å². The van der Waals surface area contributed by atoms with Crippen LogP contribution < -0.4 is 0 Å². The minimum atomic E-state index is -0.771. The van der Waals surface area contributed by atoms with E-state index in [9.17, 15) is 14.4 Å². The lowest BCUT2D eigenvalue weighted by molar-refractivity contribution is -0.167. The van der Waals surface area contributed by atoms with Crippen LogP contribution in [-0.2, 0) is 28.6 Å². The molecule has 0 radical (unpaired) electrons. The summed E-state index contributed by atoms with van der Waals surface area (Å²) in [6, 6.07) is 0. The molecule has 0 aromatic heterocycles. The monoisotopic (exact) mass is 1020 g/mol. The number of esters is 3. The molecule has 6 nitrogen and oxygen atoms in total. The van der Waals surface area contributed by atoms with E-state index < -0.39 is 6.10 Å². The minimum absolute atomic E-state index is 0.0715. The molecule has 6 heteroatoms. The van der Waals surface area contributed by atoms with Crippen LogP contribution in [0.5, 0.6) is 0 Å². The summed E-state index contributed by atoms with van der Waals surface area (Å²) in [6.45, 7) is 6.59. The third-order valence-electron chi connectivity index (χ3n) is 14.6. The van der Waals surface area contributed by atoms with Crippen molar-refractivity contribution in [1.29, 1.82) is 0 Å². The third kappa shape index (κ3) is 60.4. The Morgan fingerprint density at radius 3 is 0.767 bits per heavy atom. The van der Waals surface area contributed by atoms with Gasteiger partial charge in [0, 0.05) is 19.3 Å². The van der Waals surface area contributed by atoms with Crippen LogP contribution in [0.1, 0.15) is 355 Å². The number of carbonyl (C=O) groups excluding carboxylic acids is 3. The van der Waals surface area contributed by atoms with Crippen LogP contribution in [0.3, 0.4) is 0 Å². The van der Waals surface area contributed by atoms with Crippen LogP contribution in [0, 0.1) is 0 Å². The second-order valence-corrected chi connectivity index (χ2v) is 22.0. The molecule has 0 fully saturated rings. The summed E-state index contributed by atoms with van der Waals surface area (Å²) in [5, 5.41) is 0. The SMILES string of the molecule is CCCCCCC/C=C\C/C=C\C/C=C\CCCCCCCCCCC(=O)OC(COC(=O)CCCCCCC)COC(=O)CCCCCCCCCCCCCCCCCCCCCCCCCCCCC. The number of allylic oxidation sites excluding steroid dienone is 6. The van der Waals surface area contributed by atoms with Gasteiger partial charge in [0.25, 0.3) is 0 Å². The molecule has 428 valence electrons. The van der Waals surface area contributed by atoms with Crippen LogP contribution in [0.2, 0.25) is 0 Å². The number of hydrogen-bond donors (Lipinski definition) is 0. The summed E-state index contributed by atoms with van der Waals surface area (Å²) in [5.74, 6) is -0.873. The van der Waals surface area contributed by atoms with Gasteiger partial charge in [-0.3, -0.25) is 14.4 Å². The highest BCUT2D eigenvalue weighted by molar-refractivity contribution is 5.71. The van der Waals surface area contributed by atoms with E-state index in [1.54, 1.807) is 0 Å². The number of ether oxygens (including phenoxy) is 3. The number of hydrogen-bond acceptors (Lipinski definition) is 6. The summed E-state index contributed by atoms with van der Waals surface area (Å²) in [5.41, 5.74) is 0. The fourth-order valence-corrected chi connectivity index (χ4v) is 9.75. The Labute approximate surface area is 455 Å². The van der Waals surface area contributed by atoms with Crippen molar-refractivity contribution in [2.75, 3.05) is 13.2 Å². The van der Waals surface area contributed by atoms with Gasteiger partial charge in [-0.25, -0.2) is 0 Å². The Morgan fingerprint density at radius 1 is 0.274 bits per heavy atom. The Bertz CT molecular complexity index is 1220. The van der Waals surface area contributed by atoms with Gasteiger partial charge in [-0.1, -0.05) is 314 Å². The van der Waals surface area contributed by atoms with Crippen LogP contribution in [-0.4, -0.2) is 37.2 Å². The van der Waals surface area contributed by atoms with Crippen molar-refractivity contribution in [1.82, 2.24) is 0 Å². The van der Waals surface area contributed by atoms with Crippen molar-refractivity contribution in [2.24, 2.45) is 0 Å². The molecule has 0 aliphatic rings. The Kier molecular flexibility index (Phi) is 60.2. The molecular formula is C67H124O6. The minimum Gasteiger partial charge on any atom is -0.462 e. The van der Waals surface area contributed by atoms with Crippen molar-refractivity contribution in [3.05, 3.63) is 36.5 Å². The van der Waals surface area contributed by atoms with Gasteiger partial charge in [0.2, 0.25) is 0 Å². The van der Waals surface area contributed by atoms with Gasteiger partial charge in [-0.15, -0.1) is 0 Å². The molecule has 0 N–H and O–H groups in total. The van der Waals surface area contributed by atoms with Gasteiger partial charge in [-0.05, 0) is 57.8 Å². The Balaban J connectivity index is 3.99. The van der Waals surface area contributed by atoms with Crippen molar-refractivity contribution >= 4 is 17.9 Å². The predicted octanol–water partition coefficient (Wildman–Crippen LogP) is 22.0. The zero-order valence-corrected chi connectivity index (χ0v) is 49.2. The number of unbranched alkanes of at least 4 members (excludes halogenated alkanes) is 43. The van der Waals surface area contributed by atoms with E-state index in [-0.39, 0.29) is 31.1 Å². The zero-order chi connectivity index (χ0) is 52.9. The first-order valence-corrected chi connectivity index (χ1v) is 32.5. The van der Waals surface area contributed by atoms with Crippen LogP contribution in [0.15, 0.2) is 36.5 Å².